The van der Waals surface area contributed by atoms with E-state index in [1.165, 1.54) is 11.3 Å². The molecule has 0 unspecified atom stereocenters. The molecule has 0 amide bonds. The van der Waals surface area contributed by atoms with Gasteiger partial charge in [-0.15, -0.1) is 22.9 Å². The highest BCUT2D eigenvalue weighted by atomic mass is 35.5. The molecule has 0 spiro atoms. The topological polar surface area (TPSA) is 45.8 Å². The van der Waals surface area contributed by atoms with Gasteiger partial charge in [0.25, 0.3) is 5.56 Å². The van der Waals surface area contributed by atoms with Crippen LogP contribution in [0.5, 0.6) is 0 Å². The zero-order valence-electron chi connectivity index (χ0n) is 9.91. The highest BCUT2D eigenvalue weighted by Crippen LogP contribution is 2.36. The molecule has 0 aliphatic heterocycles. The number of alkyl halides is 1. The summed E-state index contributed by atoms with van der Waals surface area (Å²) in [5.41, 5.74) is 1.29. The largest absolute Gasteiger partial charge is 0.309 e. The summed E-state index contributed by atoms with van der Waals surface area (Å²) in [6.45, 7) is 0. The van der Waals surface area contributed by atoms with Gasteiger partial charge >= 0.3 is 0 Å². The highest BCUT2D eigenvalue weighted by molar-refractivity contribution is 7.17. The van der Waals surface area contributed by atoms with Crippen LogP contribution in [0.3, 0.4) is 0 Å². The maximum absolute atomic E-state index is 12.2. The Hall–Kier alpha value is -1.07. The standard InChI is InChI=1S/C13H7Cl3N2OS/c14-4-10-17-12(19)11-8(5-20-13(11)18-10)7-2-1-6(15)3-9(7)16/h1-3,5H,4H2,(H,17,18,19). The number of thiophene rings is 1. The first-order valence-corrected chi connectivity index (χ1v) is 7.79. The minimum atomic E-state index is -0.215. The zero-order valence-corrected chi connectivity index (χ0v) is 13.0. The molecule has 0 saturated heterocycles. The Balaban J connectivity index is 2.30. The van der Waals surface area contributed by atoms with Crippen LogP contribution < -0.4 is 5.56 Å². The number of hydrogen-bond acceptors (Lipinski definition) is 3. The second-order valence-electron chi connectivity index (χ2n) is 4.10. The molecule has 3 rings (SSSR count). The number of aromatic nitrogens is 2. The Kier molecular flexibility index (Phi) is 3.73. The summed E-state index contributed by atoms with van der Waals surface area (Å²) in [7, 11) is 0. The SMILES string of the molecule is O=c1[nH]c(CCl)nc2scc(-c3ccc(Cl)cc3Cl)c12. The van der Waals surface area contributed by atoms with E-state index in [1.807, 2.05) is 5.38 Å². The van der Waals surface area contributed by atoms with Gasteiger partial charge in [0.15, 0.2) is 0 Å². The first-order chi connectivity index (χ1) is 9.60. The van der Waals surface area contributed by atoms with Crippen molar-refractivity contribution in [2.75, 3.05) is 0 Å². The number of nitrogens with zero attached hydrogens (tertiary/aromatic N) is 1. The van der Waals surface area contributed by atoms with Crippen LogP contribution in [0.15, 0.2) is 28.4 Å². The van der Waals surface area contributed by atoms with Gasteiger partial charge in [-0.3, -0.25) is 4.79 Å². The molecule has 7 heteroatoms. The molecule has 2 aromatic heterocycles. The molecule has 0 radical (unpaired) electrons. The normalized spacial score (nSPS) is 11.2. The number of halogens is 3. The number of fused-ring (bicyclic) bond motifs is 1. The molecule has 0 bridgehead atoms. The van der Waals surface area contributed by atoms with Gasteiger partial charge in [-0.25, -0.2) is 4.98 Å². The Labute approximate surface area is 133 Å². The van der Waals surface area contributed by atoms with E-state index in [1.54, 1.807) is 18.2 Å². The van der Waals surface area contributed by atoms with E-state index < -0.39 is 0 Å². The van der Waals surface area contributed by atoms with Gasteiger partial charge in [0.05, 0.1) is 11.3 Å². The van der Waals surface area contributed by atoms with Crippen LogP contribution in [0.1, 0.15) is 5.82 Å². The monoisotopic (exact) mass is 344 g/mol. The molecule has 2 heterocycles. The zero-order chi connectivity index (χ0) is 14.3. The van der Waals surface area contributed by atoms with Crippen molar-refractivity contribution in [3.63, 3.8) is 0 Å². The predicted molar refractivity (Wildman–Crippen MR) is 85.3 cm³/mol. The third-order valence-electron chi connectivity index (χ3n) is 2.84. The summed E-state index contributed by atoms with van der Waals surface area (Å²) in [4.78, 5) is 19.8. The van der Waals surface area contributed by atoms with Crippen LogP contribution in [0, 0.1) is 0 Å². The molecular formula is C13H7Cl3N2OS. The van der Waals surface area contributed by atoms with Crippen molar-refractivity contribution in [1.29, 1.82) is 0 Å². The van der Waals surface area contributed by atoms with Gasteiger partial charge in [-0.2, -0.15) is 0 Å². The number of nitrogens with one attached hydrogen (secondary N) is 1. The minimum Gasteiger partial charge on any atom is -0.309 e. The van der Waals surface area contributed by atoms with Crippen LogP contribution in [0.25, 0.3) is 21.3 Å². The number of H-pyrrole nitrogens is 1. The lowest BCUT2D eigenvalue weighted by Gasteiger charge is -2.03. The fraction of sp³-hybridized carbons (Fsp3) is 0.0769. The first kappa shape index (κ1) is 13.9. The lowest BCUT2D eigenvalue weighted by Crippen LogP contribution is -2.10. The number of hydrogen-bond donors (Lipinski definition) is 1. The maximum Gasteiger partial charge on any atom is 0.260 e. The molecule has 0 atom stereocenters. The third kappa shape index (κ3) is 2.33. The van der Waals surface area contributed by atoms with Gasteiger partial charge in [0, 0.05) is 26.6 Å². The van der Waals surface area contributed by atoms with Gasteiger partial charge in [-0.05, 0) is 12.1 Å². The van der Waals surface area contributed by atoms with Crippen LogP contribution in [-0.4, -0.2) is 9.97 Å². The second kappa shape index (κ2) is 5.37. The average Bonchev–Trinajstić information content (AvgIpc) is 2.83. The van der Waals surface area contributed by atoms with E-state index in [2.05, 4.69) is 9.97 Å². The van der Waals surface area contributed by atoms with Crippen LogP contribution in [-0.2, 0) is 5.88 Å². The van der Waals surface area contributed by atoms with E-state index in [0.717, 1.165) is 11.1 Å². The summed E-state index contributed by atoms with van der Waals surface area (Å²) < 4.78 is 0. The summed E-state index contributed by atoms with van der Waals surface area (Å²) in [5, 5.41) is 3.43. The molecule has 20 heavy (non-hydrogen) atoms. The van der Waals surface area contributed by atoms with Crippen LogP contribution in [0.2, 0.25) is 10.0 Å². The smallest absolute Gasteiger partial charge is 0.260 e. The molecule has 1 N–H and O–H groups in total. The molecule has 1 aromatic carbocycles. The second-order valence-corrected chi connectivity index (χ2v) is 6.07. The van der Waals surface area contributed by atoms with Crippen molar-refractivity contribution in [1.82, 2.24) is 9.97 Å². The highest BCUT2D eigenvalue weighted by Gasteiger charge is 2.14. The first-order valence-electron chi connectivity index (χ1n) is 5.62. The molecule has 3 aromatic rings. The molecule has 0 fully saturated rings. The number of aromatic amines is 1. The van der Waals surface area contributed by atoms with Crippen molar-refractivity contribution in [3.8, 4) is 11.1 Å². The minimum absolute atomic E-state index is 0.167. The average molecular weight is 346 g/mol. The Morgan fingerprint density at radius 1 is 1.25 bits per heavy atom. The van der Waals surface area contributed by atoms with E-state index in [4.69, 9.17) is 34.8 Å². The van der Waals surface area contributed by atoms with Gasteiger partial charge < -0.3 is 4.98 Å². The lowest BCUT2D eigenvalue weighted by molar-refractivity contribution is 1.04. The molecule has 3 nitrogen and oxygen atoms in total. The Morgan fingerprint density at radius 3 is 2.75 bits per heavy atom. The fourth-order valence-electron chi connectivity index (χ4n) is 1.96. The van der Waals surface area contributed by atoms with E-state index in [9.17, 15) is 4.79 Å². The summed E-state index contributed by atoms with van der Waals surface area (Å²) in [6.07, 6.45) is 0. The Bertz CT molecular complexity index is 856. The molecule has 102 valence electrons. The summed E-state index contributed by atoms with van der Waals surface area (Å²) in [5.74, 6) is 0.625. The summed E-state index contributed by atoms with van der Waals surface area (Å²) in [6, 6.07) is 5.18. The quantitative estimate of drug-likeness (QED) is 0.684. The molecule has 0 aliphatic carbocycles. The molecular weight excluding hydrogens is 339 g/mol. The molecule has 0 aliphatic rings. The van der Waals surface area contributed by atoms with Gasteiger partial charge in [0.1, 0.15) is 10.7 Å². The van der Waals surface area contributed by atoms with Crippen molar-refractivity contribution in [3.05, 3.63) is 49.8 Å². The number of benzene rings is 1. The fourth-order valence-corrected chi connectivity index (χ4v) is 3.56. The van der Waals surface area contributed by atoms with Crippen molar-refractivity contribution in [2.24, 2.45) is 0 Å². The number of rotatable bonds is 2. The van der Waals surface area contributed by atoms with Crippen LogP contribution >= 0.6 is 46.1 Å². The van der Waals surface area contributed by atoms with E-state index in [-0.39, 0.29) is 11.4 Å². The predicted octanol–water partition coefficient (Wildman–Crippen LogP) is 4.70. The van der Waals surface area contributed by atoms with E-state index >= 15 is 0 Å². The third-order valence-corrected chi connectivity index (χ3v) is 4.51. The van der Waals surface area contributed by atoms with Gasteiger partial charge in [-0.1, -0.05) is 29.3 Å². The Morgan fingerprint density at radius 2 is 2.05 bits per heavy atom. The van der Waals surface area contributed by atoms with Crippen molar-refractivity contribution in [2.45, 2.75) is 5.88 Å². The lowest BCUT2D eigenvalue weighted by atomic mass is 10.1. The van der Waals surface area contributed by atoms with Crippen LogP contribution in [0.4, 0.5) is 0 Å². The van der Waals surface area contributed by atoms with Gasteiger partial charge in [0.2, 0.25) is 0 Å². The molecule has 0 saturated carbocycles. The van der Waals surface area contributed by atoms with Crippen molar-refractivity contribution >= 4 is 56.4 Å². The maximum atomic E-state index is 12.2. The van der Waals surface area contributed by atoms with Crippen molar-refractivity contribution < 1.29 is 0 Å². The van der Waals surface area contributed by atoms with E-state index in [0.29, 0.717) is 26.1 Å². The summed E-state index contributed by atoms with van der Waals surface area (Å²) >= 11 is 19.2.